The van der Waals surface area contributed by atoms with Gasteiger partial charge >= 0.3 is 0 Å². The molecule has 0 aliphatic carbocycles. The molecular weight excluding hydrogens is 266 g/mol. The second-order valence-electron chi connectivity index (χ2n) is 4.01. The SMILES string of the molecule is CCC(Oc1cc([N+](=O)[O-])c(CN)cc1OC)C(N)=O. The molecule has 1 aromatic rings. The predicted molar refractivity (Wildman–Crippen MR) is 71.4 cm³/mol. The van der Waals surface area contributed by atoms with Gasteiger partial charge in [-0.25, -0.2) is 0 Å². The number of benzene rings is 1. The number of nitrogens with zero attached hydrogens (tertiary/aromatic N) is 1. The monoisotopic (exact) mass is 283 g/mol. The Balaban J connectivity index is 3.26. The van der Waals surface area contributed by atoms with Crippen LogP contribution < -0.4 is 20.9 Å². The maximum Gasteiger partial charge on any atom is 0.277 e. The van der Waals surface area contributed by atoms with Gasteiger partial charge in [-0.05, 0) is 12.5 Å². The van der Waals surface area contributed by atoms with E-state index in [9.17, 15) is 14.9 Å². The Bertz CT molecular complexity index is 518. The minimum Gasteiger partial charge on any atom is -0.493 e. The van der Waals surface area contributed by atoms with E-state index in [0.29, 0.717) is 12.0 Å². The normalized spacial score (nSPS) is 11.8. The largest absolute Gasteiger partial charge is 0.493 e. The number of amides is 1. The number of hydrogen-bond acceptors (Lipinski definition) is 6. The average molecular weight is 283 g/mol. The van der Waals surface area contributed by atoms with Crippen molar-refractivity contribution in [1.82, 2.24) is 0 Å². The molecule has 0 heterocycles. The first-order chi connectivity index (χ1) is 9.44. The van der Waals surface area contributed by atoms with E-state index in [1.165, 1.54) is 19.2 Å². The van der Waals surface area contributed by atoms with E-state index in [1.807, 2.05) is 0 Å². The van der Waals surface area contributed by atoms with E-state index < -0.39 is 16.9 Å². The summed E-state index contributed by atoms with van der Waals surface area (Å²) >= 11 is 0. The number of carbonyl (C=O) groups excluding carboxylic acids is 1. The Kier molecular flexibility index (Phi) is 5.27. The van der Waals surface area contributed by atoms with Crippen molar-refractivity contribution in [1.29, 1.82) is 0 Å². The minimum absolute atomic E-state index is 0.0139. The Morgan fingerprint density at radius 3 is 2.50 bits per heavy atom. The van der Waals surface area contributed by atoms with Crippen molar-refractivity contribution in [2.24, 2.45) is 11.5 Å². The van der Waals surface area contributed by atoms with E-state index in [-0.39, 0.29) is 23.7 Å². The highest BCUT2D eigenvalue weighted by atomic mass is 16.6. The summed E-state index contributed by atoms with van der Waals surface area (Å²) in [6.07, 6.45) is -0.544. The molecule has 0 aliphatic heterocycles. The lowest BCUT2D eigenvalue weighted by molar-refractivity contribution is -0.385. The molecule has 1 rings (SSSR count). The van der Waals surface area contributed by atoms with E-state index in [2.05, 4.69) is 0 Å². The van der Waals surface area contributed by atoms with Crippen molar-refractivity contribution in [3.63, 3.8) is 0 Å². The summed E-state index contributed by atoms with van der Waals surface area (Å²) in [6.45, 7) is 1.70. The van der Waals surface area contributed by atoms with Crippen molar-refractivity contribution in [2.75, 3.05) is 7.11 Å². The summed E-state index contributed by atoms with van der Waals surface area (Å²) in [4.78, 5) is 21.6. The third-order valence-corrected chi connectivity index (χ3v) is 2.74. The number of nitro groups is 1. The number of carbonyl (C=O) groups is 1. The van der Waals surface area contributed by atoms with Gasteiger partial charge in [0.15, 0.2) is 17.6 Å². The summed E-state index contributed by atoms with van der Waals surface area (Å²) in [6, 6.07) is 2.60. The zero-order valence-corrected chi connectivity index (χ0v) is 11.3. The lowest BCUT2D eigenvalue weighted by Crippen LogP contribution is -2.33. The molecule has 0 aliphatic rings. The Labute approximate surface area is 115 Å². The number of hydrogen-bond donors (Lipinski definition) is 2. The number of nitro benzene ring substituents is 1. The first-order valence-corrected chi connectivity index (χ1v) is 5.95. The molecular formula is C12H17N3O5. The highest BCUT2D eigenvalue weighted by Gasteiger charge is 2.22. The highest BCUT2D eigenvalue weighted by Crippen LogP contribution is 2.35. The van der Waals surface area contributed by atoms with Crippen LogP contribution in [0.15, 0.2) is 12.1 Å². The Hall–Kier alpha value is -2.35. The number of primary amides is 1. The second-order valence-corrected chi connectivity index (χ2v) is 4.01. The summed E-state index contributed by atoms with van der Waals surface area (Å²) in [5, 5.41) is 11.0. The van der Waals surface area contributed by atoms with Gasteiger partial charge in [-0.15, -0.1) is 0 Å². The predicted octanol–water partition coefficient (Wildman–Crippen LogP) is 0.705. The van der Waals surface area contributed by atoms with Crippen molar-refractivity contribution in [3.8, 4) is 11.5 Å². The van der Waals surface area contributed by atoms with Crippen LogP contribution in [0.2, 0.25) is 0 Å². The van der Waals surface area contributed by atoms with E-state index in [4.69, 9.17) is 20.9 Å². The molecule has 8 nitrogen and oxygen atoms in total. The van der Waals surface area contributed by atoms with Crippen molar-refractivity contribution in [2.45, 2.75) is 26.0 Å². The topological polar surface area (TPSA) is 131 Å². The molecule has 1 unspecified atom stereocenters. The lowest BCUT2D eigenvalue weighted by atomic mass is 10.1. The molecule has 4 N–H and O–H groups in total. The molecule has 0 fully saturated rings. The molecule has 1 aromatic carbocycles. The van der Waals surface area contributed by atoms with Gasteiger partial charge in [0, 0.05) is 12.1 Å². The fourth-order valence-corrected chi connectivity index (χ4v) is 1.67. The quantitative estimate of drug-likeness (QED) is 0.559. The highest BCUT2D eigenvalue weighted by molar-refractivity contribution is 5.79. The van der Waals surface area contributed by atoms with Crippen LogP contribution in [0, 0.1) is 10.1 Å². The Morgan fingerprint density at radius 2 is 2.10 bits per heavy atom. The maximum absolute atomic E-state index is 11.2. The summed E-state index contributed by atoms with van der Waals surface area (Å²) in [5.41, 5.74) is 10.8. The van der Waals surface area contributed by atoms with Gasteiger partial charge in [-0.1, -0.05) is 6.92 Å². The van der Waals surface area contributed by atoms with E-state index in [0.717, 1.165) is 0 Å². The van der Waals surface area contributed by atoms with Crippen LogP contribution in [0.5, 0.6) is 11.5 Å². The third kappa shape index (κ3) is 3.35. The van der Waals surface area contributed by atoms with E-state index >= 15 is 0 Å². The molecule has 0 spiro atoms. The van der Waals surface area contributed by atoms with Crippen molar-refractivity contribution < 1.29 is 19.2 Å². The van der Waals surface area contributed by atoms with Gasteiger partial charge in [0.25, 0.3) is 11.6 Å². The van der Waals surface area contributed by atoms with Gasteiger partial charge < -0.3 is 20.9 Å². The molecule has 0 bridgehead atoms. The van der Waals surface area contributed by atoms with Gasteiger partial charge in [0.05, 0.1) is 18.1 Å². The van der Waals surface area contributed by atoms with Crippen molar-refractivity contribution in [3.05, 3.63) is 27.8 Å². The number of ether oxygens (including phenoxy) is 2. The smallest absolute Gasteiger partial charge is 0.277 e. The molecule has 0 saturated carbocycles. The molecule has 0 aromatic heterocycles. The zero-order valence-electron chi connectivity index (χ0n) is 11.3. The standard InChI is InChI=1S/C12H17N3O5/c1-3-9(12(14)16)20-11-5-8(15(17)18)7(6-13)4-10(11)19-2/h4-5,9H,3,6,13H2,1-2H3,(H2,14,16). The molecule has 0 saturated heterocycles. The minimum atomic E-state index is -0.882. The van der Waals surface area contributed by atoms with Crippen LogP contribution in [0.3, 0.4) is 0 Å². The Morgan fingerprint density at radius 1 is 1.45 bits per heavy atom. The maximum atomic E-state index is 11.2. The van der Waals surface area contributed by atoms with Crippen LogP contribution in [-0.4, -0.2) is 24.0 Å². The summed E-state index contributed by atoms with van der Waals surface area (Å²) < 4.78 is 10.5. The average Bonchev–Trinajstić information content (AvgIpc) is 2.43. The number of nitrogens with two attached hydrogens (primary N) is 2. The van der Waals surface area contributed by atoms with Gasteiger partial charge in [-0.2, -0.15) is 0 Å². The van der Waals surface area contributed by atoms with Gasteiger partial charge in [0.2, 0.25) is 0 Å². The zero-order chi connectivity index (χ0) is 15.3. The van der Waals surface area contributed by atoms with Crippen LogP contribution in [0.25, 0.3) is 0 Å². The number of methoxy groups -OCH3 is 1. The molecule has 1 amide bonds. The summed E-state index contributed by atoms with van der Waals surface area (Å²) in [5.74, 6) is -0.307. The van der Waals surface area contributed by atoms with Gasteiger partial charge in [0.1, 0.15) is 0 Å². The third-order valence-electron chi connectivity index (χ3n) is 2.74. The lowest BCUT2D eigenvalue weighted by Gasteiger charge is -2.17. The summed E-state index contributed by atoms with van der Waals surface area (Å²) in [7, 11) is 1.39. The molecule has 1 atom stereocenters. The molecule has 20 heavy (non-hydrogen) atoms. The fraction of sp³-hybridized carbons (Fsp3) is 0.417. The van der Waals surface area contributed by atoms with Gasteiger partial charge in [-0.3, -0.25) is 14.9 Å². The first kappa shape index (κ1) is 15.7. The van der Waals surface area contributed by atoms with Crippen LogP contribution in [0.1, 0.15) is 18.9 Å². The van der Waals surface area contributed by atoms with Crippen molar-refractivity contribution >= 4 is 11.6 Å². The van der Waals surface area contributed by atoms with E-state index in [1.54, 1.807) is 6.92 Å². The van der Waals surface area contributed by atoms with Crippen LogP contribution >= 0.6 is 0 Å². The first-order valence-electron chi connectivity index (χ1n) is 5.95. The van der Waals surface area contributed by atoms with Crippen LogP contribution in [-0.2, 0) is 11.3 Å². The fourth-order valence-electron chi connectivity index (χ4n) is 1.67. The molecule has 0 radical (unpaired) electrons. The van der Waals surface area contributed by atoms with Crippen LogP contribution in [0.4, 0.5) is 5.69 Å². The molecule has 8 heteroatoms. The molecule has 110 valence electrons. The second kappa shape index (κ2) is 6.71. The number of rotatable bonds is 7.